The maximum absolute atomic E-state index is 12.4. The summed E-state index contributed by atoms with van der Waals surface area (Å²) in [7, 11) is 0. The third kappa shape index (κ3) is 4.61. The van der Waals surface area contributed by atoms with Gasteiger partial charge in [-0.25, -0.2) is 0 Å². The molecule has 1 aromatic rings. The van der Waals surface area contributed by atoms with Crippen LogP contribution in [0.15, 0.2) is 24.3 Å². The van der Waals surface area contributed by atoms with Crippen molar-refractivity contribution in [3.05, 3.63) is 35.4 Å². The van der Waals surface area contributed by atoms with Crippen LogP contribution in [0.2, 0.25) is 0 Å². The number of aliphatic carboxylic acids is 1. The second-order valence-corrected chi connectivity index (χ2v) is 3.97. The number of carbonyl (C=O) groups excluding carboxylic acids is 1. The zero-order chi connectivity index (χ0) is 14.6. The number of amides is 1. The highest BCUT2D eigenvalue weighted by atomic mass is 19.4. The molecule has 0 aromatic heterocycles. The fourth-order valence-corrected chi connectivity index (χ4v) is 1.58. The van der Waals surface area contributed by atoms with Crippen LogP contribution in [0, 0.1) is 0 Å². The van der Waals surface area contributed by atoms with Crippen LogP contribution < -0.4 is 5.32 Å². The fourth-order valence-electron chi connectivity index (χ4n) is 1.58. The molecule has 7 heteroatoms. The van der Waals surface area contributed by atoms with Crippen LogP contribution in [-0.2, 0) is 15.8 Å². The number of nitrogens with one attached hydrogen (secondary N) is 1. The number of carboxylic acids is 1. The van der Waals surface area contributed by atoms with Crippen LogP contribution in [0.1, 0.15) is 30.5 Å². The van der Waals surface area contributed by atoms with E-state index in [1.165, 1.54) is 6.92 Å². The molecule has 1 aromatic carbocycles. The summed E-state index contributed by atoms with van der Waals surface area (Å²) in [6.07, 6.45) is -4.85. The molecule has 0 saturated carbocycles. The number of carbonyl (C=O) groups is 2. The second kappa shape index (κ2) is 5.73. The van der Waals surface area contributed by atoms with Gasteiger partial charge in [0.05, 0.1) is 18.0 Å². The molecule has 1 amide bonds. The first-order chi connectivity index (χ1) is 8.70. The first-order valence-electron chi connectivity index (χ1n) is 5.36. The van der Waals surface area contributed by atoms with Gasteiger partial charge in [0.25, 0.3) is 0 Å². The van der Waals surface area contributed by atoms with Gasteiger partial charge < -0.3 is 10.4 Å². The van der Waals surface area contributed by atoms with Crippen LogP contribution >= 0.6 is 0 Å². The minimum Gasteiger partial charge on any atom is -0.481 e. The van der Waals surface area contributed by atoms with Crippen molar-refractivity contribution in [1.29, 1.82) is 0 Å². The molecule has 1 rings (SSSR count). The zero-order valence-electron chi connectivity index (χ0n) is 9.99. The molecule has 0 bridgehead atoms. The molecule has 0 aliphatic carbocycles. The van der Waals surface area contributed by atoms with E-state index >= 15 is 0 Å². The van der Waals surface area contributed by atoms with Crippen LogP contribution in [0.3, 0.4) is 0 Å². The van der Waals surface area contributed by atoms with Crippen molar-refractivity contribution in [2.24, 2.45) is 0 Å². The van der Waals surface area contributed by atoms with Gasteiger partial charge in [0.1, 0.15) is 0 Å². The van der Waals surface area contributed by atoms with Gasteiger partial charge in [-0.15, -0.1) is 0 Å². The standard InChI is InChI=1S/C12H12F3NO3/c1-7(17)16-10(6-11(18)19)8-2-4-9(5-3-8)12(13,14)15/h2-5,10H,6H2,1H3,(H,16,17)(H,18,19)/t10-/m0/s1. The Morgan fingerprint density at radius 2 is 1.79 bits per heavy atom. The summed E-state index contributed by atoms with van der Waals surface area (Å²) in [4.78, 5) is 21.6. The van der Waals surface area contributed by atoms with Gasteiger partial charge in [0, 0.05) is 6.92 Å². The average Bonchev–Trinajstić information content (AvgIpc) is 2.26. The molecule has 0 aliphatic heterocycles. The molecule has 0 spiro atoms. The SMILES string of the molecule is CC(=O)N[C@@H](CC(=O)O)c1ccc(C(F)(F)F)cc1. The largest absolute Gasteiger partial charge is 0.481 e. The summed E-state index contributed by atoms with van der Waals surface area (Å²) in [5, 5.41) is 11.1. The molecule has 1 atom stereocenters. The van der Waals surface area contributed by atoms with Crippen LogP contribution in [0.25, 0.3) is 0 Å². The number of halogens is 3. The highest BCUT2D eigenvalue weighted by Gasteiger charge is 2.30. The molecule has 0 aliphatic rings. The van der Waals surface area contributed by atoms with Gasteiger partial charge in [0.2, 0.25) is 5.91 Å². The predicted molar refractivity (Wildman–Crippen MR) is 60.3 cm³/mol. The average molecular weight is 275 g/mol. The molecule has 2 N–H and O–H groups in total. The zero-order valence-corrected chi connectivity index (χ0v) is 9.99. The van der Waals surface area contributed by atoms with Crippen LogP contribution in [0.4, 0.5) is 13.2 Å². The van der Waals surface area contributed by atoms with Crippen LogP contribution in [0.5, 0.6) is 0 Å². The highest BCUT2D eigenvalue weighted by Crippen LogP contribution is 2.30. The Bertz CT molecular complexity index is 452. The lowest BCUT2D eigenvalue weighted by atomic mass is 10.0. The molecule has 0 saturated heterocycles. The Balaban J connectivity index is 2.96. The predicted octanol–water partition coefficient (Wildman–Crippen LogP) is 2.36. The number of benzene rings is 1. The monoisotopic (exact) mass is 275 g/mol. The molecule has 0 radical (unpaired) electrons. The Morgan fingerprint density at radius 3 is 2.16 bits per heavy atom. The van der Waals surface area contributed by atoms with Crippen molar-refractivity contribution in [3.8, 4) is 0 Å². The van der Waals surface area contributed by atoms with E-state index in [-0.39, 0.29) is 0 Å². The summed E-state index contributed by atoms with van der Waals surface area (Å²) >= 11 is 0. The minimum atomic E-state index is -4.45. The lowest BCUT2D eigenvalue weighted by molar-refractivity contribution is -0.139. The van der Waals surface area contributed by atoms with E-state index in [0.717, 1.165) is 24.3 Å². The molecule has 0 heterocycles. The van der Waals surface area contributed by atoms with E-state index < -0.39 is 36.1 Å². The van der Waals surface area contributed by atoms with Crippen molar-refractivity contribution in [3.63, 3.8) is 0 Å². The first kappa shape index (κ1) is 15.0. The minimum absolute atomic E-state index is 0.311. The van der Waals surface area contributed by atoms with E-state index in [1.807, 2.05) is 0 Å². The first-order valence-corrected chi connectivity index (χ1v) is 5.36. The van der Waals surface area contributed by atoms with Gasteiger partial charge in [0.15, 0.2) is 0 Å². The maximum atomic E-state index is 12.4. The molecule has 104 valence electrons. The van der Waals surface area contributed by atoms with Crippen LogP contribution in [-0.4, -0.2) is 17.0 Å². The van der Waals surface area contributed by atoms with Crippen molar-refractivity contribution < 1.29 is 27.9 Å². The van der Waals surface area contributed by atoms with Gasteiger partial charge in [-0.2, -0.15) is 13.2 Å². The van der Waals surface area contributed by atoms with E-state index in [1.54, 1.807) is 0 Å². The molecule has 4 nitrogen and oxygen atoms in total. The van der Waals surface area contributed by atoms with E-state index in [4.69, 9.17) is 5.11 Å². The van der Waals surface area contributed by atoms with Gasteiger partial charge in [-0.3, -0.25) is 9.59 Å². The number of carboxylic acid groups (broad SMARTS) is 1. The third-order valence-electron chi connectivity index (χ3n) is 2.40. The quantitative estimate of drug-likeness (QED) is 0.886. The summed E-state index contributed by atoms with van der Waals surface area (Å²) in [5.74, 6) is -1.61. The Morgan fingerprint density at radius 1 is 1.26 bits per heavy atom. The Labute approximate surface area is 107 Å². The second-order valence-electron chi connectivity index (χ2n) is 3.97. The molecular formula is C12H12F3NO3. The van der Waals surface area contributed by atoms with Gasteiger partial charge in [-0.05, 0) is 17.7 Å². The summed E-state index contributed by atoms with van der Waals surface area (Å²) < 4.78 is 37.1. The topological polar surface area (TPSA) is 66.4 Å². The lowest BCUT2D eigenvalue weighted by Crippen LogP contribution is -2.28. The number of alkyl halides is 3. The van der Waals surface area contributed by atoms with Gasteiger partial charge in [-0.1, -0.05) is 12.1 Å². The Kier molecular flexibility index (Phi) is 4.52. The molecule has 0 unspecified atom stereocenters. The fraction of sp³-hybridized carbons (Fsp3) is 0.333. The summed E-state index contributed by atoms with van der Waals surface area (Å²) in [6, 6.07) is 3.17. The van der Waals surface area contributed by atoms with Gasteiger partial charge >= 0.3 is 12.1 Å². The summed E-state index contributed by atoms with van der Waals surface area (Å²) in [5.41, 5.74) is -0.515. The number of hydrogen-bond acceptors (Lipinski definition) is 2. The number of rotatable bonds is 4. The maximum Gasteiger partial charge on any atom is 0.416 e. The van der Waals surface area contributed by atoms with Crippen molar-refractivity contribution >= 4 is 11.9 Å². The van der Waals surface area contributed by atoms with E-state index in [2.05, 4.69) is 5.32 Å². The normalized spacial score (nSPS) is 12.8. The van der Waals surface area contributed by atoms with E-state index in [9.17, 15) is 22.8 Å². The molecule has 19 heavy (non-hydrogen) atoms. The van der Waals surface area contributed by atoms with Crippen molar-refractivity contribution in [1.82, 2.24) is 5.32 Å². The summed E-state index contributed by atoms with van der Waals surface area (Å²) in [6.45, 7) is 1.21. The van der Waals surface area contributed by atoms with Crippen molar-refractivity contribution in [2.75, 3.05) is 0 Å². The molecular weight excluding hydrogens is 263 g/mol. The van der Waals surface area contributed by atoms with E-state index in [0.29, 0.717) is 5.56 Å². The highest BCUT2D eigenvalue weighted by molar-refractivity contribution is 5.75. The smallest absolute Gasteiger partial charge is 0.416 e. The van der Waals surface area contributed by atoms with Crippen molar-refractivity contribution in [2.45, 2.75) is 25.6 Å². The Hall–Kier alpha value is -2.05. The lowest BCUT2D eigenvalue weighted by Gasteiger charge is -2.17. The molecule has 0 fully saturated rings. The number of hydrogen-bond donors (Lipinski definition) is 2. The third-order valence-corrected chi connectivity index (χ3v) is 2.40.